The molecule has 0 bridgehead atoms. The van der Waals surface area contributed by atoms with Crippen LogP contribution in [0, 0.1) is 11.8 Å². The maximum Gasteiger partial charge on any atom is 0.0608 e. The lowest BCUT2D eigenvalue weighted by Gasteiger charge is -2.47. The number of rotatable bonds is 4. The molecule has 0 radical (unpaired) electrons. The molecule has 2 nitrogen and oxygen atoms in total. The average molecular weight is 270 g/mol. The molecule has 1 heterocycles. The van der Waals surface area contributed by atoms with Gasteiger partial charge in [0.2, 0.25) is 0 Å². The van der Waals surface area contributed by atoms with Crippen LogP contribution in [0.3, 0.4) is 0 Å². The third kappa shape index (κ3) is 3.23. The monoisotopic (exact) mass is 270 g/mol. The van der Waals surface area contributed by atoms with E-state index in [1.54, 1.807) is 0 Å². The van der Waals surface area contributed by atoms with Gasteiger partial charge in [-0.2, -0.15) is 0 Å². The third-order valence-electron chi connectivity index (χ3n) is 4.61. The lowest BCUT2D eigenvalue weighted by atomic mass is 9.87. The molecule has 1 aromatic rings. The molecular weight excluding hydrogens is 244 g/mol. The molecule has 108 valence electrons. The Morgan fingerprint density at radius 1 is 1.25 bits per heavy atom. The number of benzene rings is 1. The van der Waals surface area contributed by atoms with Crippen LogP contribution in [0.25, 0.3) is 0 Å². The molecule has 2 heteroatoms. The molecule has 1 atom stereocenters. The summed E-state index contributed by atoms with van der Waals surface area (Å²) in [4.78, 5) is 2.54. The van der Waals surface area contributed by atoms with Gasteiger partial charge in [-0.05, 0) is 25.3 Å². The number of nitrogens with one attached hydrogen (secondary N) is 1. The van der Waals surface area contributed by atoms with E-state index in [1.165, 1.54) is 18.4 Å². The second kappa shape index (κ2) is 6.92. The van der Waals surface area contributed by atoms with E-state index in [0.29, 0.717) is 6.04 Å². The van der Waals surface area contributed by atoms with Gasteiger partial charge in [0.05, 0.1) is 6.54 Å². The van der Waals surface area contributed by atoms with Gasteiger partial charge in [-0.25, -0.2) is 0 Å². The highest BCUT2D eigenvalue weighted by Crippen LogP contribution is 2.29. The molecule has 1 aliphatic heterocycles. The Balaban J connectivity index is 2.21. The fourth-order valence-corrected chi connectivity index (χ4v) is 3.07. The Morgan fingerprint density at radius 3 is 2.55 bits per heavy atom. The summed E-state index contributed by atoms with van der Waals surface area (Å²) in [6, 6.07) is 11.2. The minimum absolute atomic E-state index is 0.251. The third-order valence-corrected chi connectivity index (χ3v) is 4.61. The SMILES string of the molecule is CC#CCN1CC(CC)(CC)NCC1c1ccccc1. The molecule has 1 unspecified atom stereocenters. The fraction of sp³-hybridized carbons (Fsp3) is 0.556. The molecule has 0 aliphatic carbocycles. The van der Waals surface area contributed by atoms with E-state index in [-0.39, 0.29) is 5.54 Å². The molecule has 1 aromatic carbocycles. The molecule has 2 rings (SSSR count). The number of nitrogens with zero attached hydrogens (tertiary/aromatic N) is 1. The van der Waals surface area contributed by atoms with Crippen molar-refractivity contribution in [1.29, 1.82) is 0 Å². The first-order chi connectivity index (χ1) is 9.74. The zero-order chi connectivity index (χ0) is 14.4. The summed E-state index contributed by atoms with van der Waals surface area (Å²) in [7, 11) is 0. The zero-order valence-electron chi connectivity index (χ0n) is 12.9. The highest BCUT2D eigenvalue weighted by atomic mass is 15.2. The standard InChI is InChI=1S/C18H26N2/c1-4-7-13-20-15-18(5-2,6-3)19-14-17(20)16-11-9-8-10-12-16/h8-12,17,19H,5-6,13-15H2,1-3H3. The Labute approximate surface area is 123 Å². The Bertz CT molecular complexity index is 465. The normalized spacial score (nSPS) is 22.1. The first-order valence-corrected chi connectivity index (χ1v) is 7.68. The van der Waals surface area contributed by atoms with Crippen LogP contribution in [0.2, 0.25) is 0 Å². The fourth-order valence-electron chi connectivity index (χ4n) is 3.07. The Hall–Kier alpha value is -1.30. The van der Waals surface area contributed by atoms with Crippen LogP contribution in [0.5, 0.6) is 0 Å². The highest BCUT2D eigenvalue weighted by molar-refractivity contribution is 5.21. The molecule has 0 saturated carbocycles. The van der Waals surface area contributed by atoms with E-state index in [2.05, 4.69) is 66.2 Å². The second-order valence-corrected chi connectivity index (χ2v) is 5.63. The largest absolute Gasteiger partial charge is 0.308 e. The van der Waals surface area contributed by atoms with E-state index in [9.17, 15) is 0 Å². The Kier molecular flexibility index (Phi) is 5.23. The van der Waals surface area contributed by atoms with E-state index >= 15 is 0 Å². The van der Waals surface area contributed by atoms with Gasteiger partial charge < -0.3 is 5.32 Å². The summed E-state index contributed by atoms with van der Waals surface area (Å²) >= 11 is 0. The van der Waals surface area contributed by atoms with Gasteiger partial charge in [-0.15, -0.1) is 5.92 Å². The molecule has 0 aromatic heterocycles. The first kappa shape index (κ1) is 15.1. The minimum atomic E-state index is 0.251. The summed E-state index contributed by atoms with van der Waals surface area (Å²) in [6.07, 6.45) is 2.34. The summed E-state index contributed by atoms with van der Waals surface area (Å²) in [5, 5.41) is 3.80. The average Bonchev–Trinajstić information content (AvgIpc) is 2.53. The first-order valence-electron chi connectivity index (χ1n) is 7.68. The van der Waals surface area contributed by atoms with Gasteiger partial charge in [0.15, 0.2) is 0 Å². The quantitative estimate of drug-likeness (QED) is 0.845. The maximum absolute atomic E-state index is 3.80. The van der Waals surface area contributed by atoms with E-state index in [1.807, 2.05) is 6.92 Å². The summed E-state index contributed by atoms with van der Waals surface area (Å²) < 4.78 is 0. The van der Waals surface area contributed by atoms with Crippen molar-refractivity contribution < 1.29 is 0 Å². The highest BCUT2D eigenvalue weighted by Gasteiger charge is 2.36. The smallest absolute Gasteiger partial charge is 0.0608 e. The second-order valence-electron chi connectivity index (χ2n) is 5.63. The predicted molar refractivity (Wildman–Crippen MR) is 85.5 cm³/mol. The van der Waals surface area contributed by atoms with E-state index in [0.717, 1.165) is 19.6 Å². The van der Waals surface area contributed by atoms with Crippen LogP contribution in [0.1, 0.15) is 45.2 Å². The van der Waals surface area contributed by atoms with Gasteiger partial charge in [0.25, 0.3) is 0 Å². The lowest BCUT2D eigenvalue weighted by molar-refractivity contribution is 0.0845. The topological polar surface area (TPSA) is 15.3 Å². The summed E-state index contributed by atoms with van der Waals surface area (Å²) in [5.74, 6) is 6.29. The van der Waals surface area contributed by atoms with Gasteiger partial charge in [-0.1, -0.05) is 50.1 Å². The van der Waals surface area contributed by atoms with Crippen LogP contribution in [0.15, 0.2) is 30.3 Å². The summed E-state index contributed by atoms with van der Waals surface area (Å²) in [5.41, 5.74) is 1.64. The molecule has 0 spiro atoms. The summed E-state index contributed by atoms with van der Waals surface area (Å²) in [6.45, 7) is 9.43. The molecule has 1 aliphatic rings. The van der Waals surface area contributed by atoms with E-state index in [4.69, 9.17) is 0 Å². The van der Waals surface area contributed by atoms with Crippen LogP contribution in [0.4, 0.5) is 0 Å². The molecule has 1 fully saturated rings. The zero-order valence-corrected chi connectivity index (χ0v) is 12.9. The number of hydrogen-bond donors (Lipinski definition) is 1. The van der Waals surface area contributed by atoms with Crippen molar-refractivity contribution >= 4 is 0 Å². The number of piperazine rings is 1. The van der Waals surface area contributed by atoms with Crippen molar-refractivity contribution in [3.8, 4) is 11.8 Å². The van der Waals surface area contributed by atoms with Gasteiger partial charge in [0.1, 0.15) is 0 Å². The van der Waals surface area contributed by atoms with Crippen LogP contribution < -0.4 is 5.32 Å². The van der Waals surface area contributed by atoms with Crippen molar-refractivity contribution in [3.63, 3.8) is 0 Å². The van der Waals surface area contributed by atoms with Gasteiger partial charge in [-0.3, -0.25) is 4.90 Å². The van der Waals surface area contributed by atoms with Crippen LogP contribution in [-0.4, -0.2) is 30.1 Å². The minimum Gasteiger partial charge on any atom is -0.308 e. The van der Waals surface area contributed by atoms with Crippen LogP contribution in [-0.2, 0) is 0 Å². The predicted octanol–water partition coefficient (Wildman–Crippen LogP) is 3.22. The number of hydrogen-bond acceptors (Lipinski definition) is 2. The van der Waals surface area contributed by atoms with Crippen LogP contribution >= 0.6 is 0 Å². The Morgan fingerprint density at radius 2 is 1.95 bits per heavy atom. The molecule has 1 saturated heterocycles. The van der Waals surface area contributed by atoms with Crippen molar-refractivity contribution in [1.82, 2.24) is 10.2 Å². The molecular formula is C18H26N2. The van der Waals surface area contributed by atoms with Gasteiger partial charge in [0, 0.05) is 24.7 Å². The van der Waals surface area contributed by atoms with Crippen molar-refractivity contribution in [2.24, 2.45) is 0 Å². The molecule has 1 N–H and O–H groups in total. The maximum atomic E-state index is 3.80. The van der Waals surface area contributed by atoms with Gasteiger partial charge >= 0.3 is 0 Å². The lowest BCUT2D eigenvalue weighted by Crippen LogP contribution is -2.60. The van der Waals surface area contributed by atoms with Crippen molar-refractivity contribution in [2.75, 3.05) is 19.6 Å². The van der Waals surface area contributed by atoms with Crippen molar-refractivity contribution in [3.05, 3.63) is 35.9 Å². The van der Waals surface area contributed by atoms with E-state index < -0.39 is 0 Å². The van der Waals surface area contributed by atoms with Crippen molar-refractivity contribution in [2.45, 2.75) is 45.2 Å². The molecule has 0 amide bonds. The molecule has 20 heavy (non-hydrogen) atoms.